The number of tetrazole rings is 1. The van der Waals surface area contributed by atoms with Crippen LogP contribution in [0.3, 0.4) is 0 Å². The molecule has 61 heavy (non-hydrogen) atoms. The molecule has 0 spiro atoms. The molecule has 4 aromatic carbocycles. The van der Waals surface area contributed by atoms with E-state index in [9.17, 15) is 14.0 Å². The Kier molecular flexibility index (Phi) is 11.4. The maximum absolute atomic E-state index is 16.5. The number of alkyl halides is 2. The van der Waals surface area contributed by atoms with Crippen molar-refractivity contribution in [1.29, 1.82) is 0 Å². The van der Waals surface area contributed by atoms with Crippen molar-refractivity contribution in [3.63, 3.8) is 0 Å². The third-order valence-electron chi connectivity index (χ3n) is 11.7. The molecule has 314 valence electrons. The number of piperazine rings is 1. The van der Waals surface area contributed by atoms with E-state index in [-0.39, 0.29) is 23.4 Å². The number of ether oxygens (including phenoxy) is 1. The van der Waals surface area contributed by atoms with E-state index in [0.717, 1.165) is 73.4 Å². The average molecular weight is 831 g/mol. The molecule has 13 nitrogen and oxygen atoms in total. The van der Waals surface area contributed by atoms with Crippen molar-refractivity contribution in [1.82, 2.24) is 39.5 Å². The van der Waals surface area contributed by atoms with E-state index in [1.165, 1.54) is 29.1 Å². The van der Waals surface area contributed by atoms with Crippen molar-refractivity contribution in [3.05, 3.63) is 171 Å². The van der Waals surface area contributed by atoms with Gasteiger partial charge in [0.1, 0.15) is 17.8 Å². The Hall–Kier alpha value is -6.81. The Bertz CT molecular complexity index is 2660. The predicted octanol–water partition coefficient (Wildman–Crippen LogP) is 6.95. The Balaban J connectivity index is 0.889. The summed E-state index contributed by atoms with van der Waals surface area (Å²) in [5, 5.41) is 13.6. The fourth-order valence-electron chi connectivity index (χ4n) is 7.95. The van der Waals surface area contributed by atoms with Gasteiger partial charge in [0.15, 0.2) is 5.54 Å². The van der Waals surface area contributed by atoms with Gasteiger partial charge in [-0.05, 0) is 102 Å². The van der Waals surface area contributed by atoms with Gasteiger partial charge in [-0.2, -0.15) is 18.6 Å². The molecule has 1 aliphatic heterocycles. The molecule has 7 aromatic rings. The van der Waals surface area contributed by atoms with Gasteiger partial charge in [-0.15, -0.1) is 0 Å². The molecule has 1 fully saturated rings. The van der Waals surface area contributed by atoms with Crippen molar-refractivity contribution in [2.24, 2.45) is 0 Å². The maximum Gasteiger partial charge on any atom is 0.362 e. The van der Waals surface area contributed by atoms with Gasteiger partial charge in [-0.25, -0.2) is 28.3 Å². The van der Waals surface area contributed by atoms with Crippen LogP contribution in [0.2, 0.25) is 0 Å². The van der Waals surface area contributed by atoms with Crippen LogP contribution in [-0.4, -0.2) is 71.8 Å². The topological polar surface area (TPSA) is 132 Å². The van der Waals surface area contributed by atoms with Crippen molar-refractivity contribution < 1.29 is 17.9 Å². The van der Waals surface area contributed by atoms with Gasteiger partial charge >= 0.3 is 17.3 Å². The van der Waals surface area contributed by atoms with E-state index < -0.39 is 28.7 Å². The molecule has 0 bridgehead atoms. The first-order chi connectivity index (χ1) is 29.5. The summed E-state index contributed by atoms with van der Waals surface area (Å²) in [6, 6.07) is 32.8. The predicted molar refractivity (Wildman–Crippen MR) is 226 cm³/mol. The third kappa shape index (κ3) is 7.98. The SMILES string of the molecule is CC[C@@H]([C@H](C)OCc1ccccc1)n1ncn(-c2ccc(N3CCN(c4ccc(-c5ccc(C(F)(F)C(C)(c6ccc(F)cc6)n6nn[nH]c6=O)nc5)cc4)CC3)cc2)c1=O. The molecule has 3 atom stereocenters. The number of anilines is 2. The van der Waals surface area contributed by atoms with Crippen LogP contribution in [0.15, 0.2) is 137 Å². The minimum Gasteiger partial charge on any atom is -0.372 e. The van der Waals surface area contributed by atoms with Crippen LogP contribution in [-0.2, 0) is 22.8 Å². The molecule has 1 saturated heterocycles. The van der Waals surface area contributed by atoms with E-state index >= 15 is 8.78 Å². The van der Waals surface area contributed by atoms with E-state index in [1.54, 1.807) is 17.0 Å². The number of pyridine rings is 1. The molecule has 0 radical (unpaired) electrons. The quantitative estimate of drug-likeness (QED) is 0.124. The summed E-state index contributed by atoms with van der Waals surface area (Å²) in [6.45, 7) is 8.74. The Morgan fingerprint density at radius 1 is 0.787 bits per heavy atom. The number of nitrogens with zero attached hydrogens (tertiary/aromatic N) is 9. The van der Waals surface area contributed by atoms with Crippen LogP contribution in [0, 0.1) is 5.82 Å². The number of benzene rings is 4. The Morgan fingerprint density at radius 2 is 1.39 bits per heavy atom. The normalized spacial score (nSPS) is 15.4. The maximum atomic E-state index is 16.5. The first-order valence-electron chi connectivity index (χ1n) is 20.1. The van der Waals surface area contributed by atoms with Gasteiger partial charge in [-0.1, -0.05) is 67.6 Å². The van der Waals surface area contributed by atoms with Crippen LogP contribution in [0.5, 0.6) is 0 Å². The summed E-state index contributed by atoms with van der Waals surface area (Å²) in [4.78, 5) is 34.8. The minimum atomic E-state index is -3.77. The highest BCUT2D eigenvalue weighted by Gasteiger charge is 2.57. The van der Waals surface area contributed by atoms with Crippen LogP contribution in [0.1, 0.15) is 50.1 Å². The van der Waals surface area contributed by atoms with Crippen molar-refractivity contribution in [2.75, 3.05) is 36.0 Å². The van der Waals surface area contributed by atoms with Crippen LogP contribution < -0.4 is 21.2 Å². The molecule has 3 aromatic heterocycles. The molecule has 0 aliphatic carbocycles. The number of hydrogen-bond acceptors (Lipinski definition) is 9. The smallest absolute Gasteiger partial charge is 0.362 e. The molecule has 1 N–H and O–H groups in total. The van der Waals surface area contributed by atoms with E-state index in [2.05, 4.69) is 35.4 Å². The molecule has 0 amide bonds. The first-order valence-corrected chi connectivity index (χ1v) is 20.1. The molecule has 16 heteroatoms. The second-order valence-electron chi connectivity index (χ2n) is 15.2. The largest absolute Gasteiger partial charge is 0.372 e. The highest BCUT2D eigenvalue weighted by Crippen LogP contribution is 2.46. The van der Waals surface area contributed by atoms with E-state index in [4.69, 9.17) is 4.74 Å². The second-order valence-corrected chi connectivity index (χ2v) is 15.2. The van der Waals surface area contributed by atoms with E-state index in [1.807, 2.05) is 92.7 Å². The van der Waals surface area contributed by atoms with E-state index in [0.29, 0.717) is 23.3 Å². The van der Waals surface area contributed by atoms with Gasteiger partial charge in [0.25, 0.3) is 0 Å². The summed E-state index contributed by atoms with van der Waals surface area (Å²) in [7, 11) is 0. The highest BCUT2D eigenvalue weighted by molar-refractivity contribution is 5.66. The lowest BCUT2D eigenvalue weighted by Crippen LogP contribution is -2.51. The molecule has 8 rings (SSSR count). The van der Waals surface area contributed by atoms with Crippen molar-refractivity contribution in [3.8, 4) is 16.8 Å². The number of hydrogen-bond donors (Lipinski definition) is 1. The van der Waals surface area contributed by atoms with Gasteiger partial charge < -0.3 is 14.5 Å². The lowest BCUT2D eigenvalue weighted by Gasteiger charge is -2.37. The number of aromatic nitrogens is 8. The minimum absolute atomic E-state index is 0.0509. The average Bonchev–Trinajstić information content (AvgIpc) is 3.91. The van der Waals surface area contributed by atoms with Crippen LogP contribution in [0.4, 0.5) is 24.5 Å². The fraction of sp³-hybridized carbons (Fsp3) is 0.289. The standard InChI is InChI=1S/C45H45F3N10O3/c1-4-40(31(2)61-29-32-8-6-5-7-9-32)57-43(60)56(30-50-57)39-21-19-38(20-22-39)55-26-24-54(25-27-55)37-17-10-33(11-18-37)34-12-23-41(49-28-34)45(47,48)44(3,58-42(59)51-52-53-58)35-13-15-36(46)16-14-35/h5-23,28,30-31,40H,4,24-27,29H2,1-3H3,(H,51,53,59)/t31-,40-,44?/m0/s1. The zero-order chi connectivity index (χ0) is 42.7. The number of halogens is 3. The molecule has 1 aliphatic rings. The lowest BCUT2D eigenvalue weighted by atomic mass is 9.83. The zero-order valence-electron chi connectivity index (χ0n) is 33.9. The number of rotatable bonds is 14. The summed E-state index contributed by atoms with van der Waals surface area (Å²) >= 11 is 0. The molecular weight excluding hydrogens is 786 g/mol. The van der Waals surface area contributed by atoms with Crippen molar-refractivity contribution in [2.45, 2.75) is 57.4 Å². The van der Waals surface area contributed by atoms with Gasteiger partial charge in [0.05, 0.1) is 24.4 Å². The number of nitrogens with one attached hydrogen (secondary N) is 1. The summed E-state index contributed by atoms with van der Waals surface area (Å²) < 4.78 is 56.4. The summed E-state index contributed by atoms with van der Waals surface area (Å²) in [5.41, 5.74) is 1.13. The first kappa shape index (κ1) is 40.9. The van der Waals surface area contributed by atoms with Crippen LogP contribution >= 0.6 is 0 Å². The lowest BCUT2D eigenvalue weighted by molar-refractivity contribution is -0.103. The molecule has 4 heterocycles. The third-order valence-corrected chi connectivity index (χ3v) is 11.7. The monoisotopic (exact) mass is 830 g/mol. The fourth-order valence-corrected chi connectivity index (χ4v) is 7.95. The van der Waals surface area contributed by atoms with Gasteiger partial charge in [0, 0.05) is 49.3 Å². The zero-order valence-corrected chi connectivity index (χ0v) is 33.9. The summed E-state index contributed by atoms with van der Waals surface area (Å²) in [5.74, 6) is -4.38. The molecule has 1 unspecified atom stereocenters. The van der Waals surface area contributed by atoms with Gasteiger partial charge in [-0.3, -0.25) is 4.98 Å². The molecule has 0 saturated carbocycles. The Labute approximate surface area is 349 Å². The molecular formula is C45H45F3N10O3. The Morgan fingerprint density at radius 3 is 1.97 bits per heavy atom. The highest BCUT2D eigenvalue weighted by atomic mass is 19.3. The van der Waals surface area contributed by atoms with Gasteiger partial charge in [0.2, 0.25) is 0 Å². The van der Waals surface area contributed by atoms with Crippen LogP contribution in [0.25, 0.3) is 16.8 Å². The number of H-pyrrole nitrogens is 1. The number of aromatic amines is 1. The summed E-state index contributed by atoms with van der Waals surface area (Å²) in [6.07, 6.45) is 3.41. The van der Waals surface area contributed by atoms with Crippen molar-refractivity contribution >= 4 is 11.4 Å². The second kappa shape index (κ2) is 17.0.